The van der Waals surface area contributed by atoms with E-state index >= 15 is 0 Å². The predicted molar refractivity (Wildman–Crippen MR) is 147 cm³/mol. The van der Waals surface area contributed by atoms with Crippen LogP contribution in [0.25, 0.3) is 10.9 Å². The van der Waals surface area contributed by atoms with E-state index < -0.39 is 35.8 Å². The van der Waals surface area contributed by atoms with E-state index in [4.69, 9.17) is 0 Å². The van der Waals surface area contributed by atoms with Crippen LogP contribution in [-0.4, -0.2) is 51.4 Å². The lowest BCUT2D eigenvalue weighted by Gasteiger charge is -2.33. The van der Waals surface area contributed by atoms with Gasteiger partial charge < -0.3 is 26.0 Å². The average molecular weight is 537 g/mol. The number of hydrogen-bond donors (Lipinski definition) is 5. The molecule has 0 radical (unpaired) electrons. The number of aromatic amines is 1. The Morgan fingerprint density at radius 2 is 1.67 bits per heavy atom. The molecule has 2 aromatic rings. The lowest BCUT2D eigenvalue weighted by molar-refractivity contribution is -0.143. The summed E-state index contributed by atoms with van der Waals surface area (Å²) in [7, 11) is 0. The topological polar surface area (TPSA) is 140 Å². The number of para-hydroxylation sites is 1. The highest BCUT2D eigenvalue weighted by molar-refractivity contribution is 6.00. The molecule has 2 unspecified atom stereocenters. The SMILES string of the molecule is O=C(N[C@@H](CC1CCCCC1)C(=O)NC(CC1CC2(CCCCC2)NC1=O)C(=O)O)c1cc2ccccc2[nH]1. The van der Waals surface area contributed by atoms with Gasteiger partial charge in [0.2, 0.25) is 11.8 Å². The van der Waals surface area contributed by atoms with Crippen LogP contribution in [-0.2, 0) is 14.4 Å². The maximum absolute atomic E-state index is 13.5. The molecule has 9 heteroatoms. The van der Waals surface area contributed by atoms with E-state index in [0.717, 1.165) is 68.7 Å². The Balaban J connectivity index is 1.28. The summed E-state index contributed by atoms with van der Waals surface area (Å²) in [4.78, 5) is 54.8. The largest absolute Gasteiger partial charge is 0.480 e. The molecule has 3 atom stereocenters. The fraction of sp³-hybridized carbons (Fsp3) is 0.600. The van der Waals surface area contributed by atoms with Crippen LogP contribution >= 0.6 is 0 Å². The number of benzene rings is 1. The van der Waals surface area contributed by atoms with Crippen molar-refractivity contribution in [2.24, 2.45) is 11.8 Å². The molecule has 1 aromatic carbocycles. The van der Waals surface area contributed by atoms with Gasteiger partial charge >= 0.3 is 5.97 Å². The van der Waals surface area contributed by atoms with Crippen LogP contribution in [0.1, 0.15) is 94.0 Å². The summed E-state index contributed by atoms with van der Waals surface area (Å²) < 4.78 is 0. The van der Waals surface area contributed by atoms with Gasteiger partial charge in [0.25, 0.3) is 5.91 Å². The molecule has 1 spiro atoms. The summed E-state index contributed by atoms with van der Waals surface area (Å²) >= 11 is 0. The third kappa shape index (κ3) is 6.45. The van der Waals surface area contributed by atoms with E-state index in [0.29, 0.717) is 18.5 Å². The minimum absolute atomic E-state index is 0.0424. The van der Waals surface area contributed by atoms with Gasteiger partial charge in [0, 0.05) is 22.4 Å². The number of H-pyrrole nitrogens is 1. The first-order valence-corrected chi connectivity index (χ1v) is 14.6. The van der Waals surface area contributed by atoms with Gasteiger partial charge in [-0.15, -0.1) is 0 Å². The van der Waals surface area contributed by atoms with Gasteiger partial charge in [0.15, 0.2) is 0 Å². The number of fused-ring (bicyclic) bond motifs is 1. The van der Waals surface area contributed by atoms with Gasteiger partial charge in [-0.1, -0.05) is 69.6 Å². The number of nitrogens with one attached hydrogen (secondary N) is 4. The zero-order chi connectivity index (χ0) is 27.4. The van der Waals surface area contributed by atoms with Crippen LogP contribution in [0, 0.1) is 11.8 Å². The summed E-state index contributed by atoms with van der Waals surface area (Å²) in [6, 6.07) is 7.24. The summed E-state index contributed by atoms with van der Waals surface area (Å²) in [5.41, 5.74) is 0.949. The molecule has 2 aliphatic carbocycles. The van der Waals surface area contributed by atoms with Crippen molar-refractivity contribution in [1.29, 1.82) is 0 Å². The van der Waals surface area contributed by atoms with Crippen molar-refractivity contribution < 1.29 is 24.3 Å². The summed E-state index contributed by atoms with van der Waals surface area (Å²) in [6.07, 6.45) is 11.5. The van der Waals surface area contributed by atoms with E-state index in [2.05, 4.69) is 20.9 Å². The van der Waals surface area contributed by atoms with Gasteiger partial charge in [0.1, 0.15) is 17.8 Å². The summed E-state index contributed by atoms with van der Waals surface area (Å²) in [5.74, 6) is -2.37. The molecule has 5 N–H and O–H groups in total. The summed E-state index contributed by atoms with van der Waals surface area (Å²) in [6.45, 7) is 0. The van der Waals surface area contributed by atoms with E-state index in [1.165, 1.54) is 6.42 Å². The van der Waals surface area contributed by atoms with Crippen LogP contribution < -0.4 is 16.0 Å². The van der Waals surface area contributed by atoms with Crippen LogP contribution in [0.2, 0.25) is 0 Å². The van der Waals surface area contributed by atoms with Crippen molar-refractivity contribution in [3.63, 3.8) is 0 Å². The number of hydrogen-bond acceptors (Lipinski definition) is 4. The number of carboxylic acids is 1. The number of carboxylic acid groups (broad SMARTS) is 1. The summed E-state index contributed by atoms with van der Waals surface area (Å²) in [5, 5.41) is 19.6. The minimum Gasteiger partial charge on any atom is -0.480 e. The zero-order valence-corrected chi connectivity index (χ0v) is 22.5. The Morgan fingerprint density at radius 3 is 2.38 bits per heavy atom. The number of amides is 3. The smallest absolute Gasteiger partial charge is 0.326 e. The van der Waals surface area contributed by atoms with E-state index in [1.807, 2.05) is 24.3 Å². The van der Waals surface area contributed by atoms with Crippen molar-refractivity contribution in [2.45, 2.75) is 101 Å². The highest BCUT2D eigenvalue weighted by Crippen LogP contribution is 2.39. The monoisotopic (exact) mass is 536 g/mol. The molecule has 5 rings (SSSR count). The molecule has 9 nitrogen and oxygen atoms in total. The molecule has 3 fully saturated rings. The Hall–Kier alpha value is -3.36. The van der Waals surface area contributed by atoms with Gasteiger partial charge in [0.05, 0.1) is 0 Å². The third-order valence-corrected chi connectivity index (χ3v) is 9.03. The molecule has 3 amide bonds. The van der Waals surface area contributed by atoms with Crippen LogP contribution in [0.5, 0.6) is 0 Å². The quantitative estimate of drug-likeness (QED) is 0.329. The first kappa shape index (κ1) is 27.2. The third-order valence-electron chi connectivity index (χ3n) is 9.03. The van der Waals surface area contributed by atoms with E-state index in [1.54, 1.807) is 6.07 Å². The Morgan fingerprint density at radius 1 is 0.949 bits per heavy atom. The van der Waals surface area contributed by atoms with Gasteiger partial charge in [-0.3, -0.25) is 14.4 Å². The molecular weight excluding hydrogens is 496 g/mol. The molecule has 39 heavy (non-hydrogen) atoms. The van der Waals surface area contributed by atoms with Gasteiger partial charge in [-0.05, 0) is 50.2 Å². The van der Waals surface area contributed by atoms with Crippen LogP contribution in [0.15, 0.2) is 30.3 Å². The molecule has 3 aliphatic rings. The van der Waals surface area contributed by atoms with E-state index in [-0.39, 0.29) is 23.8 Å². The Kier molecular flexibility index (Phi) is 8.23. The fourth-order valence-corrected chi connectivity index (χ4v) is 6.92. The molecular formula is C30H40N4O5. The molecule has 1 aliphatic heterocycles. The second-order valence-corrected chi connectivity index (χ2v) is 11.9. The van der Waals surface area contributed by atoms with E-state index in [9.17, 15) is 24.3 Å². The second-order valence-electron chi connectivity index (χ2n) is 11.9. The van der Waals surface area contributed by atoms with Crippen LogP contribution in [0.3, 0.4) is 0 Å². The molecule has 1 aromatic heterocycles. The molecule has 0 bridgehead atoms. The predicted octanol–water partition coefficient (Wildman–Crippen LogP) is 4.04. The Bertz CT molecular complexity index is 1180. The normalized spacial score (nSPS) is 22.8. The van der Waals surface area contributed by atoms with Crippen molar-refractivity contribution in [3.05, 3.63) is 36.0 Å². The zero-order valence-electron chi connectivity index (χ0n) is 22.5. The van der Waals surface area contributed by atoms with Gasteiger partial charge in [-0.25, -0.2) is 4.79 Å². The second kappa shape index (κ2) is 11.8. The number of rotatable bonds is 9. The van der Waals surface area contributed by atoms with Crippen molar-refractivity contribution in [3.8, 4) is 0 Å². The van der Waals surface area contributed by atoms with Crippen molar-refractivity contribution in [2.75, 3.05) is 0 Å². The minimum atomic E-state index is -1.20. The fourth-order valence-electron chi connectivity index (χ4n) is 6.92. The van der Waals surface area contributed by atoms with Crippen molar-refractivity contribution >= 4 is 34.6 Å². The molecule has 2 heterocycles. The lowest BCUT2D eigenvalue weighted by atomic mass is 9.78. The molecule has 1 saturated heterocycles. The molecule has 210 valence electrons. The number of aliphatic carboxylic acids is 1. The van der Waals surface area contributed by atoms with Crippen molar-refractivity contribution in [1.82, 2.24) is 20.9 Å². The Labute approximate surface area is 228 Å². The van der Waals surface area contributed by atoms with Crippen LogP contribution in [0.4, 0.5) is 0 Å². The van der Waals surface area contributed by atoms with Gasteiger partial charge in [-0.2, -0.15) is 0 Å². The highest BCUT2D eigenvalue weighted by atomic mass is 16.4. The maximum atomic E-state index is 13.5. The lowest BCUT2D eigenvalue weighted by Crippen LogP contribution is -2.53. The first-order chi connectivity index (χ1) is 18.8. The number of carbonyl (C=O) groups is 4. The first-order valence-electron chi connectivity index (χ1n) is 14.6. The highest BCUT2D eigenvalue weighted by Gasteiger charge is 2.46. The number of carbonyl (C=O) groups excluding carboxylic acids is 3. The molecule has 2 saturated carbocycles. The maximum Gasteiger partial charge on any atom is 0.326 e. The number of aromatic nitrogens is 1. The average Bonchev–Trinajstić information content (AvgIpc) is 3.49. The standard InChI is InChI=1S/C30H40N4O5/c35-26-21(18-30(34-26)13-7-2-8-14-30)17-25(29(38)39)33-27(36)23(15-19-9-3-1-4-10-19)32-28(37)24-16-20-11-5-6-12-22(20)31-24/h5-6,11-12,16,19,21,23,25,31H,1-4,7-10,13-15,17-18H2,(H,32,37)(H,33,36)(H,34,35)(H,38,39)/t21?,23-,25?/m0/s1.